The van der Waals surface area contributed by atoms with E-state index in [1.165, 1.54) is 18.4 Å². The molecule has 7 nitrogen and oxygen atoms in total. The summed E-state index contributed by atoms with van der Waals surface area (Å²) in [4.78, 5) is 14.7. The predicted octanol–water partition coefficient (Wildman–Crippen LogP) is 0.737. The van der Waals surface area contributed by atoms with Crippen molar-refractivity contribution in [2.75, 3.05) is 7.05 Å². The Morgan fingerprint density at radius 2 is 2.60 bits per heavy atom. The van der Waals surface area contributed by atoms with Crippen LogP contribution in [0.25, 0.3) is 0 Å². The molecule has 1 aromatic heterocycles. The van der Waals surface area contributed by atoms with Gasteiger partial charge in [-0.15, -0.1) is 11.3 Å². The molecule has 0 bridgehead atoms. The lowest BCUT2D eigenvalue weighted by molar-refractivity contribution is -0.485. The molecule has 82 valence electrons. The molecule has 1 rings (SSSR count). The van der Waals surface area contributed by atoms with Crippen LogP contribution in [0.1, 0.15) is 10.4 Å². The molecule has 0 radical (unpaired) electrons. The van der Waals surface area contributed by atoms with E-state index >= 15 is 0 Å². The van der Waals surface area contributed by atoms with Crippen molar-refractivity contribution in [3.05, 3.63) is 26.7 Å². The SMILES string of the molecule is CN/C(=N\[N+](=O)[O-])NC(Cl)c1cncs1. The highest BCUT2D eigenvalue weighted by Crippen LogP contribution is 2.20. The minimum absolute atomic E-state index is 0.00611. The number of aromatic nitrogens is 1. The number of hydrazone groups is 1. The van der Waals surface area contributed by atoms with Crippen LogP contribution in [0, 0.1) is 10.1 Å². The first kappa shape index (κ1) is 11.7. The first-order valence-electron chi connectivity index (χ1n) is 3.83. The van der Waals surface area contributed by atoms with Crippen LogP contribution in [0.15, 0.2) is 16.8 Å². The second kappa shape index (κ2) is 5.47. The van der Waals surface area contributed by atoms with Crippen molar-refractivity contribution >= 4 is 28.9 Å². The van der Waals surface area contributed by atoms with Gasteiger partial charge in [-0.3, -0.25) is 4.98 Å². The van der Waals surface area contributed by atoms with Gasteiger partial charge in [-0.1, -0.05) is 11.6 Å². The number of nitrogens with zero attached hydrogens (tertiary/aromatic N) is 3. The summed E-state index contributed by atoms with van der Waals surface area (Å²) in [5, 5.41) is 17.5. The van der Waals surface area contributed by atoms with Crippen LogP contribution < -0.4 is 10.6 Å². The molecular weight excluding hydrogens is 242 g/mol. The summed E-state index contributed by atoms with van der Waals surface area (Å²) in [5.74, 6) is -0.00611. The lowest BCUT2D eigenvalue weighted by atomic mass is 10.5. The number of alkyl halides is 1. The van der Waals surface area contributed by atoms with Crippen LogP contribution in [0.2, 0.25) is 0 Å². The second-order valence-electron chi connectivity index (χ2n) is 2.35. The maximum Gasteiger partial charge on any atom is 0.269 e. The van der Waals surface area contributed by atoms with Crippen molar-refractivity contribution < 1.29 is 5.03 Å². The molecule has 0 spiro atoms. The molecule has 1 heterocycles. The molecule has 0 fully saturated rings. The molecular formula is C6H8ClN5O2S. The van der Waals surface area contributed by atoms with E-state index in [0.29, 0.717) is 0 Å². The molecule has 2 N–H and O–H groups in total. The van der Waals surface area contributed by atoms with Crippen LogP contribution in [0.5, 0.6) is 0 Å². The van der Waals surface area contributed by atoms with Gasteiger partial charge in [-0.05, 0) is 0 Å². The topological polar surface area (TPSA) is 92.5 Å². The van der Waals surface area contributed by atoms with Gasteiger partial charge in [0.05, 0.1) is 10.4 Å². The van der Waals surface area contributed by atoms with Crippen molar-refractivity contribution in [3.8, 4) is 0 Å². The number of hydrogen-bond donors (Lipinski definition) is 2. The fraction of sp³-hybridized carbons (Fsp3) is 0.333. The molecule has 1 atom stereocenters. The fourth-order valence-corrected chi connectivity index (χ4v) is 1.63. The van der Waals surface area contributed by atoms with E-state index in [4.69, 9.17) is 11.6 Å². The highest BCUT2D eigenvalue weighted by atomic mass is 35.5. The lowest BCUT2D eigenvalue weighted by Crippen LogP contribution is -2.36. The van der Waals surface area contributed by atoms with Gasteiger partial charge in [0.2, 0.25) is 0 Å². The number of nitro groups is 1. The van der Waals surface area contributed by atoms with Gasteiger partial charge in [-0.2, -0.15) is 0 Å². The average Bonchev–Trinajstić information content (AvgIpc) is 2.68. The van der Waals surface area contributed by atoms with Gasteiger partial charge in [0.1, 0.15) is 10.6 Å². The average molecular weight is 250 g/mol. The summed E-state index contributed by atoms with van der Waals surface area (Å²) in [5.41, 5.74) is 1.03. The summed E-state index contributed by atoms with van der Waals surface area (Å²) in [6.45, 7) is 0. The zero-order valence-electron chi connectivity index (χ0n) is 7.68. The fourth-order valence-electron chi connectivity index (χ4n) is 0.775. The van der Waals surface area contributed by atoms with E-state index in [1.54, 1.807) is 11.7 Å². The number of thiazole rings is 1. The zero-order valence-corrected chi connectivity index (χ0v) is 9.25. The second-order valence-corrected chi connectivity index (χ2v) is 3.70. The van der Waals surface area contributed by atoms with Crippen molar-refractivity contribution in [1.29, 1.82) is 0 Å². The number of halogens is 1. The van der Waals surface area contributed by atoms with Crippen LogP contribution in [-0.2, 0) is 0 Å². The third kappa shape index (κ3) is 3.68. The monoisotopic (exact) mass is 249 g/mol. The number of hydrogen-bond acceptors (Lipinski definition) is 4. The lowest BCUT2D eigenvalue weighted by Gasteiger charge is -2.10. The molecule has 9 heteroatoms. The van der Waals surface area contributed by atoms with Crippen LogP contribution >= 0.6 is 22.9 Å². The van der Waals surface area contributed by atoms with E-state index in [0.717, 1.165) is 4.88 Å². The quantitative estimate of drug-likeness (QED) is 0.206. The first-order chi connectivity index (χ1) is 7.13. The summed E-state index contributed by atoms with van der Waals surface area (Å²) < 4.78 is 0. The maximum atomic E-state index is 10.1. The molecule has 0 aromatic carbocycles. The van der Waals surface area contributed by atoms with Crippen LogP contribution in [-0.4, -0.2) is 23.0 Å². The van der Waals surface area contributed by atoms with E-state index in [2.05, 4.69) is 20.7 Å². The smallest absolute Gasteiger partial charge is 0.269 e. The van der Waals surface area contributed by atoms with Crippen LogP contribution in [0.3, 0.4) is 0 Å². The van der Waals surface area contributed by atoms with Gasteiger partial charge < -0.3 is 10.6 Å². The molecule has 0 saturated heterocycles. The first-order valence-corrected chi connectivity index (χ1v) is 5.15. The number of guanidine groups is 1. The third-order valence-electron chi connectivity index (χ3n) is 1.38. The van der Waals surface area contributed by atoms with Gasteiger partial charge in [0.25, 0.3) is 5.96 Å². The summed E-state index contributed by atoms with van der Waals surface area (Å²) >= 11 is 7.26. The van der Waals surface area contributed by atoms with E-state index < -0.39 is 10.5 Å². The number of rotatable bonds is 3. The van der Waals surface area contributed by atoms with Gasteiger partial charge >= 0.3 is 0 Å². The van der Waals surface area contributed by atoms with Crippen molar-refractivity contribution in [2.45, 2.75) is 5.50 Å². The zero-order chi connectivity index (χ0) is 11.3. The Morgan fingerprint density at radius 1 is 1.87 bits per heavy atom. The van der Waals surface area contributed by atoms with Gasteiger partial charge in [-0.25, -0.2) is 10.1 Å². The highest BCUT2D eigenvalue weighted by molar-refractivity contribution is 7.09. The molecule has 1 unspecified atom stereocenters. The largest absolute Gasteiger partial charge is 0.354 e. The van der Waals surface area contributed by atoms with Crippen molar-refractivity contribution in [2.24, 2.45) is 5.10 Å². The predicted molar refractivity (Wildman–Crippen MR) is 57.3 cm³/mol. The van der Waals surface area contributed by atoms with Gasteiger partial charge in [0.15, 0.2) is 5.03 Å². The molecule has 1 aromatic rings. The Bertz CT molecular complexity index is 354. The molecule has 0 amide bonds. The molecule has 0 aliphatic heterocycles. The Labute approximate surface area is 94.3 Å². The van der Waals surface area contributed by atoms with E-state index in [1.807, 2.05) is 0 Å². The Kier molecular flexibility index (Phi) is 4.25. The minimum atomic E-state index is -0.810. The molecule has 0 aliphatic carbocycles. The van der Waals surface area contributed by atoms with Crippen molar-refractivity contribution in [1.82, 2.24) is 15.6 Å². The van der Waals surface area contributed by atoms with E-state index in [9.17, 15) is 10.1 Å². The maximum absolute atomic E-state index is 10.1. The normalized spacial score (nSPS) is 13.3. The van der Waals surface area contributed by atoms with Crippen LogP contribution in [0.4, 0.5) is 0 Å². The standard InChI is InChI=1S/C6H8ClN5O2S/c1-8-6(11-12(13)14)10-5(7)4-2-9-3-15-4/h2-3,5H,1H3,(H2,8,10,11). The Hall–Kier alpha value is -1.41. The van der Waals surface area contributed by atoms with Crippen molar-refractivity contribution in [3.63, 3.8) is 0 Å². The summed E-state index contributed by atoms with van der Waals surface area (Å²) in [7, 11) is 1.51. The molecule has 0 aliphatic rings. The van der Waals surface area contributed by atoms with E-state index in [-0.39, 0.29) is 5.96 Å². The summed E-state index contributed by atoms with van der Waals surface area (Å²) in [6, 6.07) is 0. The summed E-state index contributed by atoms with van der Waals surface area (Å²) in [6.07, 6.45) is 1.58. The Morgan fingerprint density at radius 3 is 3.07 bits per heavy atom. The third-order valence-corrected chi connectivity index (χ3v) is 2.70. The molecule has 0 saturated carbocycles. The minimum Gasteiger partial charge on any atom is -0.354 e. The molecule has 15 heavy (non-hydrogen) atoms. The highest BCUT2D eigenvalue weighted by Gasteiger charge is 2.12. The Balaban J connectivity index is 2.64. The number of nitrogens with one attached hydrogen (secondary N) is 2. The van der Waals surface area contributed by atoms with Gasteiger partial charge in [0, 0.05) is 13.2 Å².